The van der Waals surface area contributed by atoms with Gasteiger partial charge in [-0.15, -0.1) is 0 Å². The number of carboxylic acids is 1. The standard InChI is InChI=1S/C21H30N6O7S/c22-12(9-17(24)29)18(30)26-14(8-11-4-2-1-3-5-11)19(31)27-15(10-35)20(32)25-13(21(33)34)6-7-16(23)28/h1-5,12-15,35H,6-10,22H2,(H2,23,28)(H2,24,29)(H,25,32)(H,26,30)(H,27,31)(H,33,34). The monoisotopic (exact) mass is 510 g/mol. The third-order valence-corrected chi connectivity index (χ3v) is 5.15. The van der Waals surface area contributed by atoms with E-state index in [2.05, 4.69) is 28.6 Å². The molecule has 10 N–H and O–H groups in total. The van der Waals surface area contributed by atoms with Gasteiger partial charge in [-0.1, -0.05) is 30.3 Å². The number of hydrogen-bond donors (Lipinski definition) is 8. The van der Waals surface area contributed by atoms with Crippen molar-refractivity contribution in [3.05, 3.63) is 35.9 Å². The van der Waals surface area contributed by atoms with Crippen LogP contribution in [-0.4, -0.2) is 70.5 Å². The van der Waals surface area contributed by atoms with Crippen LogP contribution in [-0.2, 0) is 35.2 Å². The first-order valence-corrected chi connectivity index (χ1v) is 11.2. The van der Waals surface area contributed by atoms with Crippen LogP contribution in [0.4, 0.5) is 0 Å². The molecule has 0 heterocycles. The number of carboxylic acid groups (broad SMARTS) is 1. The van der Waals surface area contributed by atoms with E-state index >= 15 is 0 Å². The van der Waals surface area contributed by atoms with E-state index in [0.717, 1.165) is 0 Å². The predicted molar refractivity (Wildman–Crippen MR) is 128 cm³/mol. The number of aliphatic carboxylic acids is 1. The summed E-state index contributed by atoms with van der Waals surface area (Å²) in [4.78, 5) is 71.4. The predicted octanol–water partition coefficient (Wildman–Crippen LogP) is -2.83. The highest BCUT2D eigenvalue weighted by atomic mass is 32.1. The lowest BCUT2D eigenvalue weighted by Crippen LogP contribution is -2.58. The number of carbonyl (C=O) groups is 6. The van der Waals surface area contributed by atoms with Gasteiger partial charge in [0.05, 0.1) is 12.5 Å². The number of rotatable bonds is 15. The van der Waals surface area contributed by atoms with Gasteiger partial charge in [-0.25, -0.2) is 4.79 Å². The van der Waals surface area contributed by atoms with Crippen LogP contribution in [0.5, 0.6) is 0 Å². The van der Waals surface area contributed by atoms with Crippen LogP contribution < -0.4 is 33.2 Å². The number of primary amides is 2. The van der Waals surface area contributed by atoms with Crippen LogP contribution in [0.15, 0.2) is 30.3 Å². The van der Waals surface area contributed by atoms with Crippen molar-refractivity contribution in [3.63, 3.8) is 0 Å². The molecule has 1 aromatic rings. The van der Waals surface area contributed by atoms with E-state index in [0.29, 0.717) is 5.56 Å². The molecule has 4 atom stereocenters. The van der Waals surface area contributed by atoms with Gasteiger partial charge >= 0.3 is 5.97 Å². The summed E-state index contributed by atoms with van der Waals surface area (Å²) in [6, 6.07) is 3.49. The molecule has 35 heavy (non-hydrogen) atoms. The maximum Gasteiger partial charge on any atom is 0.326 e. The Morgan fingerprint density at radius 2 is 1.37 bits per heavy atom. The van der Waals surface area contributed by atoms with Gasteiger partial charge in [0.25, 0.3) is 0 Å². The Morgan fingerprint density at radius 1 is 0.829 bits per heavy atom. The van der Waals surface area contributed by atoms with Crippen LogP contribution in [0.3, 0.4) is 0 Å². The van der Waals surface area contributed by atoms with Crippen LogP contribution in [0, 0.1) is 0 Å². The highest BCUT2D eigenvalue weighted by Crippen LogP contribution is 2.06. The summed E-state index contributed by atoms with van der Waals surface area (Å²) in [5, 5.41) is 16.4. The molecule has 14 heteroatoms. The van der Waals surface area contributed by atoms with Crippen LogP contribution >= 0.6 is 12.6 Å². The molecule has 192 valence electrons. The molecule has 0 aliphatic carbocycles. The molecule has 0 spiro atoms. The second-order valence-electron chi connectivity index (χ2n) is 7.68. The highest BCUT2D eigenvalue weighted by Gasteiger charge is 2.30. The van der Waals surface area contributed by atoms with Crippen molar-refractivity contribution < 1.29 is 33.9 Å². The Bertz CT molecular complexity index is 930. The molecule has 1 aromatic carbocycles. The lowest BCUT2D eigenvalue weighted by Gasteiger charge is -2.24. The normalized spacial score (nSPS) is 14.0. The lowest BCUT2D eigenvalue weighted by atomic mass is 10.0. The minimum absolute atomic E-state index is 0.0268. The van der Waals surface area contributed by atoms with Gasteiger partial charge in [0.1, 0.15) is 18.1 Å². The van der Waals surface area contributed by atoms with Crippen molar-refractivity contribution in [2.75, 3.05) is 5.75 Å². The van der Waals surface area contributed by atoms with Crippen molar-refractivity contribution in [1.29, 1.82) is 0 Å². The van der Waals surface area contributed by atoms with Crippen molar-refractivity contribution in [1.82, 2.24) is 16.0 Å². The van der Waals surface area contributed by atoms with E-state index in [1.807, 2.05) is 0 Å². The van der Waals surface area contributed by atoms with Crippen molar-refractivity contribution in [3.8, 4) is 0 Å². The minimum Gasteiger partial charge on any atom is -0.480 e. The second-order valence-corrected chi connectivity index (χ2v) is 8.04. The fraction of sp³-hybridized carbons (Fsp3) is 0.429. The van der Waals surface area contributed by atoms with Gasteiger partial charge < -0.3 is 38.3 Å². The highest BCUT2D eigenvalue weighted by molar-refractivity contribution is 7.80. The summed E-state index contributed by atoms with van der Waals surface area (Å²) >= 11 is 4.04. The molecule has 0 saturated heterocycles. The Morgan fingerprint density at radius 3 is 1.89 bits per heavy atom. The third-order valence-electron chi connectivity index (χ3n) is 4.78. The van der Waals surface area contributed by atoms with E-state index in [1.54, 1.807) is 30.3 Å². The zero-order valence-electron chi connectivity index (χ0n) is 18.8. The van der Waals surface area contributed by atoms with Gasteiger partial charge in [-0.05, 0) is 12.0 Å². The SMILES string of the molecule is NC(=O)CCC(NC(=O)C(CS)NC(=O)C(Cc1ccccc1)NC(=O)C(N)CC(N)=O)C(=O)O. The number of nitrogens with two attached hydrogens (primary N) is 3. The van der Waals surface area contributed by atoms with E-state index in [9.17, 15) is 33.9 Å². The zero-order valence-corrected chi connectivity index (χ0v) is 19.7. The Hall–Kier alpha value is -3.65. The number of hydrogen-bond acceptors (Lipinski definition) is 8. The summed E-state index contributed by atoms with van der Waals surface area (Å²) in [5.41, 5.74) is 16.4. The summed E-state index contributed by atoms with van der Waals surface area (Å²) in [6.07, 6.45) is -0.923. The van der Waals surface area contributed by atoms with Gasteiger partial charge in [-0.3, -0.25) is 24.0 Å². The topological polar surface area (TPSA) is 237 Å². The molecule has 13 nitrogen and oxygen atoms in total. The summed E-state index contributed by atoms with van der Waals surface area (Å²) in [5.74, 6) is -5.56. The van der Waals surface area contributed by atoms with E-state index in [-0.39, 0.29) is 25.0 Å². The maximum atomic E-state index is 13.0. The fourth-order valence-corrected chi connectivity index (χ4v) is 3.19. The zero-order chi connectivity index (χ0) is 26.5. The van der Waals surface area contributed by atoms with Crippen molar-refractivity contribution in [2.45, 2.75) is 49.9 Å². The average Bonchev–Trinajstić information content (AvgIpc) is 2.79. The fourth-order valence-electron chi connectivity index (χ4n) is 2.93. The van der Waals surface area contributed by atoms with Crippen LogP contribution in [0.1, 0.15) is 24.8 Å². The van der Waals surface area contributed by atoms with Crippen LogP contribution in [0.25, 0.3) is 0 Å². The molecule has 0 radical (unpaired) electrons. The number of thiol groups is 1. The Labute approximate surface area is 206 Å². The second kappa shape index (κ2) is 14.6. The van der Waals surface area contributed by atoms with Crippen molar-refractivity contribution in [2.24, 2.45) is 17.2 Å². The number of amides is 5. The van der Waals surface area contributed by atoms with E-state index < -0.39 is 66.1 Å². The van der Waals surface area contributed by atoms with Gasteiger partial charge in [-0.2, -0.15) is 12.6 Å². The number of carbonyl (C=O) groups excluding carboxylic acids is 5. The molecule has 4 unspecified atom stereocenters. The maximum absolute atomic E-state index is 13.0. The average molecular weight is 511 g/mol. The first-order valence-electron chi connectivity index (χ1n) is 10.6. The lowest BCUT2D eigenvalue weighted by molar-refractivity contribution is -0.142. The summed E-state index contributed by atoms with van der Waals surface area (Å²) < 4.78 is 0. The Balaban J connectivity index is 2.97. The molecule has 0 saturated carbocycles. The van der Waals surface area contributed by atoms with E-state index in [4.69, 9.17) is 17.2 Å². The van der Waals surface area contributed by atoms with Gasteiger partial charge in [0, 0.05) is 18.6 Å². The third kappa shape index (κ3) is 10.9. The minimum atomic E-state index is -1.42. The van der Waals surface area contributed by atoms with Gasteiger partial charge in [0.2, 0.25) is 29.5 Å². The largest absolute Gasteiger partial charge is 0.480 e. The molecule has 0 aromatic heterocycles. The number of benzene rings is 1. The van der Waals surface area contributed by atoms with Gasteiger partial charge in [0.15, 0.2) is 0 Å². The first-order chi connectivity index (χ1) is 16.4. The summed E-state index contributed by atoms with van der Waals surface area (Å²) in [6.45, 7) is 0. The molecule has 0 aliphatic heterocycles. The molecular weight excluding hydrogens is 480 g/mol. The van der Waals surface area contributed by atoms with Crippen LogP contribution in [0.2, 0.25) is 0 Å². The smallest absolute Gasteiger partial charge is 0.326 e. The molecule has 0 bridgehead atoms. The van der Waals surface area contributed by atoms with E-state index in [1.165, 1.54) is 0 Å². The molecule has 5 amide bonds. The first kappa shape index (κ1) is 29.4. The molecular formula is C21H30N6O7S. The van der Waals surface area contributed by atoms with Crippen molar-refractivity contribution >= 4 is 48.1 Å². The Kier molecular flexibility index (Phi) is 12.2. The summed E-state index contributed by atoms with van der Waals surface area (Å²) in [7, 11) is 0. The molecule has 1 rings (SSSR count). The number of nitrogens with one attached hydrogen (secondary N) is 3. The quantitative estimate of drug-likeness (QED) is 0.114. The molecule has 0 fully saturated rings. The molecule has 0 aliphatic rings.